The highest BCUT2D eigenvalue weighted by atomic mass is 79.9. The first-order chi connectivity index (χ1) is 9.29. The van der Waals surface area contributed by atoms with Crippen LogP contribution in [-0.4, -0.2) is 21.5 Å². The minimum Gasteiger partial charge on any atom is -0.308 e. The molecule has 0 amide bonds. The molecule has 0 spiro atoms. The highest BCUT2D eigenvalue weighted by Crippen LogP contribution is 2.16. The van der Waals surface area contributed by atoms with Crippen LogP contribution in [0.1, 0.15) is 30.8 Å². The van der Waals surface area contributed by atoms with E-state index in [0.717, 1.165) is 35.2 Å². The summed E-state index contributed by atoms with van der Waals surface area (Å²) in [5, 5.41) is 3.49. The van der Waals surface area contributed by atoms with Gasteiger partial charge in [-0.3, -0.25) is 15.0 Å². The summed E-state index contributed by atoms with van der Waals surface area (Å²) in [6.45, 7) is 3.11. The molecule has 2 heterocycles. The molecule has 0 aliphatic rings. The molecule has 2 aromatic rings. The second kappa shape index (κ2) is 7.31. The van der Waals surface area contributed by atoms with Crippen molar-refractivity contribution in [3.63, 3.8) is 0 Å². The Morgan fingerprint density at radius 1 is 1.21 bits per heavy atom. The molecular formula is C14H17BrN4. The Bertz CT molecular complexity index is 487. The van der Waals surface area contributed by atoms with Crippen molar-refractivity contribution in [2.45, 2.75) is 25.8 Å². The van der Waals surface area contributed by atoms with Gasteiger partial charge in [-0.15, -0.1) is 0 Å². The number of nitrogens with one attached hydrogen (secondary N) is 1. The van der Waals surface area contributed by atoms with Crippen molar-refractivity contribution in [1.82, 2.24) is 20.3 Å². The lowest BCUT2D eigenvalue weighted by molar-refractivity contribution is 0.511. The molecule has 100 valence electrons. The number of rotatable bonds is 6. The zero-order valence-corrected chi connectivity index (χ0v) is 12.5. The molecule has 5 heteroatoms. The van der Waals surface area contributed by atoms with Gasteiger partial charge in [-0.1, -0.05) is 6.92 Å². The van der Waals surface area contributed by atoms with Gasteiger partial charge in [0.15, 0.2) is 0 Å². The number of hydrogen-bond donors (Lipinski definition) is 1. The summed E-state index contributed by atoms with van der Waals surface area (Å²) < 4.78 is 0.994. The topological polar surface area (TPSA) is 50.7 Å². The molecule has 0 radical (unpaired) electrons. The van der Waals surface area contributed by atoms with Crippen LogP contribution in [0.5, 0.6) is 0 Å². The van der Waals surface area contributed by atoms with Gasteiger partial charge >= 0.3 is 0 Å². The van der Waals surface area contributed by atoms with Crippen LogP contribution in [-0.2, 0) is 6.42 Å². The van der Waals surface area contributed by atoms with Crippen LogP contribution in [0.3, 0.4) is 0 Å². The average molecular weight is 321 g/mol. The number of hydrogen-bond acceptors (Lipinski definition) is 4. The summed E-state index contributed by atoms with van der Waals surface area (Å²) in [5.41, 5.74) is 2.00. The third kappa shape index (κ3) is 4.36. The van der Waals surface area contributed by atoms with Crippen LogP contribution in [0, 0.1) is 0 Å². The maximum atomic E-state index is 4.42. The van der Waals surface area contributed by atoms with Crippen LogP contribution < -0.4 is 5.32 Å². The van der Waals surface area contributed by atoms with E-state index in [4.69, 9.17) is 0 Å². The van der Waals surface area contributed by atoms with Crippen LogP contribution >= 0.6 is 15.9 Å². The summed E-state index contributed by atoms with van der Waals surface area (Å²) in [7, 11) is 0. The lowest BCUT2D eigenvalue weighted by atomic mass is 10.1. The van der Waals surface area contributed by atoms with E-state index in [1.807, 2.05) is 24.5 Å². The van der Waals surface area contributed by atoms with Crippen LogP contribution in [0.25, 0.3) is 0 Å². The molecular weight excluding hydrogens is 304 g/mol. The third-order valence-corrected chi connectivity index (χ3v) is 3.25. The van der Waals surface area contributed by atoms with Crippen LogP contribution in [0.15, 0.2) is 41.4 Å². The summed E-state index contributed by atoms with van der Waals surface area (Å²) in [6, 6.07) is 4.19. The van der Waals surface area contributed by atoms with Crippen LogP contribution in [0.4, 0.5) is 0 Å². The van der Waals surface area contributed by atoms with Crippen molar-refractivity contribution in [3.05, 3.63) is 52.8 Å². The average Bonchev–Trinajstić information content (AvgIpc) is 2.46. The molecule has 0 saturated carbocycles. The Kier molecular flexibility index (Phi) is 5.42. The molecule has 1 atom stereocenters. The molecule has 2 rings (SSSR count). The molecule has 0 saturated heterocycles. The largest absolute Gasteiger partial charge is 0.308 e. The van der Waals surface area contributed by atoms with Gasteiger partial charge in [0.25, 0.3) is 0 Å². The predicted octanol–water partition coefficient (Wildman–Crippen LogP) is 2.92. The molecule has 0 aliphatic heterocycles. The molecule has 4 nitrogen and oxygen atoms in total. The Labute approximate surface area is 121 Å². The van der Waals surface area contributed by atoms with Crippen molar-refractivity contribution in [3.8, 4) is 0 Å². The van der Waals surface area contributed by atoms with E-state index in [9.17, 15) is 0 Å². The number of aromatic nitrogens is 3. The van der Waals surface area contributed by atoms with Crippen molar-refractivity contribution in [2.75, 3.05) is 6.54 Å². The highest BCUT2D eigenvalue weighted by Gasteiger charge is 2.13. The highest BCUT2D eigenvalue weighted by molar-refractivity contribution is 9.10. The normalized spacial score (nSPS) is 12.3. The lowest BCUT2D eigenvalue weighted by Crippen LogP contribution is -2.25. The van der Waals surface area contributed by atoms with E-state index >= 15 is 0 Å². The van der Waals surface area contributed by atoms with Gasteiger partial charge in [0.05, 0.1) is 11.7 Å². The van der Waals surface area contributed by atoms with Gasteiger partial charge in [0, 0.05) is 41.4 Å². The fourth-order valence-corrected chi connectivity index (χ4v) is 2.06. The zero-order chi connectivity index (χ0) is 13.5. The monoisotopic (exact) mass is 320 g/mol. The zero-order valence-electron chi connectivity index (χ0n) is 10.9. The Balaban J connectivity index is 2.11. The maximum Gasteiger partial charge on any atom is 0.0760 e. The Morgan fingerprint density at radius 3 is 2.74 bits per heavy atom. The Hall–Kier alpha value is -1.33. The number of nitrogens with zero attached hydrogens (tertiary/aromatic N) is 3. The fraction of sp³-hybridized carbons (Fsp3) is 0.357. The van der Waals surface area contributed by atoms with Crippen molar-refractivity contribution >= 4 is 15.9 Å². The van der Waals surface area contributed by atoms with Gasteiger partial charge in [0.1, 0.15) is 0 Å². The van der Waals surface area contributed by atoms with Crippen molar-refractivity contribution in [2.24, 2.45) is 0 Å². The molecule has 19 heavy (non-hydrogen) atoms. The van der Waals surface area contributed by atoms with Gasteiger partial charge in [-0.05, 0) is 41.0 Å². The van der Waals surface area contributed by atoms with E-state index in [1.165, 1.54) is 0 Å². The second-order valence-corrected chi connectivity index (χ2v) is 5.22. The summed E-state index contributed by atoms with van der Waals surface area (Å²) in [4.78, 5) is 12.9. The molecule has 1 N–H and O–H groups in total. The van der Waals surface area contributed by atoms with E-state index in [1.54, 1.807) is 12.4 Å². The standard InChI is InChI=1S/C14H17BrN4/c1-2-5-17-13(14-10-16-6-7-18-14)8-12-4-3-11(15)9-19-12/h3-4,6-7,9-10,13,17H,2,5,8H2,1H3. The molecule has 0 aliphatic carbocycles. The summed E-state index contributed by atoms with van der Waals surface area (Å²) in [6.07, 6.45) is 8.95. The fourth-order valence-electron chi connectivity index (χ4n) is 1.83. The quantitative estimate of drug-likeness (QED) is 0.889. The van der Waals surface area contributed by atoms with Crippen LogP contribution in [0.2, 0.25) is 0 Å². The molecule has 0 aromatic carbocycles. The van der Waals surface area contributed by atoms with E-state index in [2.05, 4.69) is 43.1 Å². The van der Waals surface area contributed by atoms with E-state index in [0.29, 0.717) is 0 Å². The Morgan fingerprint density at radius 2 is 2.11 bits per heavy atom. The van der Waals surface area contributed by atoms with E-state index in [-0.39, 0.29) is 6.04 Å². The third-order valence-electron chi connectivity index (χ3n) is 2.78. The first-order valence-corrected chi connectivity index (χ1v) is 7.18. The maximum absolute atomic E-state index is 4.42. The molecule has 1 unspecified atom stereocenters. The summed E-state index contributed by atoms with van der Waals surface area (Å²) in [5.74, 6) is 0. The molecule has 0 fully saturated rings. The lowest BCUT2D eigenvalue weighted by Gasteiger charge is -2.17. The van der Waals surface area contributed by atoms with Crippen molar-refractivity contribution in [1.29, 1.82) is 0 Å². The summed E-state index contributed by atoms with van der Waals surface area (Å²) >= 11 is 3.40. The van der Waals surface area contributed by atoms with Gasteiger partial charge < -0.3 is 5.32 Å². The minimum absolute atomic E-state index is 0.155. The first kappa shape index (κ1) is 14.1. The smallest absolute Gasteiger partial charge is 0.0760 e. The molecule has 2 aromatic heterocycles. The number of halogens is 1. The van der Waals surface area contributed by atoms with Gasteiger partial charge in [-0.2, -0.15) is 0 Å². The SMILES string of the molecule is CCCNC(Cc1ccc(Br)cn1)c1cnccn1. The minimum atomic E-state index is 0.155. The van der Waals surface area contributed by atoms with E-state index < -0.39 is 0 Å². The predicted molar refractivity (Wildman–Crippen MR) is 78.7 cm³/mol. The van der Waals surface area contributed by atoms with Crippen molar-refractivity contribution < 1.29 is 0 Å². The number of pyridine rings is 1. The first-order valence-electron chi connectivity index (χ1n) is 6.39. The van der Waals surface area contributed by atoms with Gasteiger partial charge in [0.2, 0.25) is 0 Å². The second-order valence-electron chi connectivity index (χ2n) is 4.31. The van der Waals surface area contributed by atoms with Gasteiger partial charge in [-0.25, -0.2) is 0 Å². The molecule has 0 bridgehead atoms.